The van der Waals surface area contributed by atoms with Crippen LogP contribution in [-0.2, 0) is 0 Å². The van der Waals surface area contributed by atoms with Crippen molar-refractivity contribution in [3.63, 3.8) is 0 Å². The molecule has 0 aliphatic rings. The van der Waals surface area contributed by atoms with Gasteiger partial charge in [0.2, 0.25) is 0 Å². The second kappa shape index (κ2) is 6.54. The number of pyridine rings is 2. The minimum Gasteiger partial charge on any atom is -0.264 e. The third-order valence-electron chi connectivity index (χ3n) is 4.05. The molecular weight excluding hydrogens is 360 g/mol. The third kappa shape index (κ3) is 2.83. The summed E-state index contributed by atoms with van der Waals surface area (Å²) >= 11 is 3.85. The maximum atomic E-state index is 4.94. The van der Waals surface area contributed by atoms with Gasteiger partial charge in [-0.2, -0.15) is 0 Å². The maximum Gasteiger partial charge on any atom is 0.0756 e. The first-order valence-corrected chi connectivity index (χ1v) is 8.73. The Labute approximate surface area is 149 Å². The SMILES string of the molecule is BrC(c1cccnc1)c1cc2ccccc2nc1-c1ccccc1. The predicted molar refractivity (Wildman–Crippen MR) is 102 cm³/mol. The molecule has 0 radical (unpaired) electrons. The third-order valence-corrected chi connectivity index (χ3v) is 5.07. The van der Waals surface area contributed by atoms with Gasteiger partial charge in [-0.25, -0.2) is 4.98 Å². The molecule has 1 atom stereocenters. The molecule has 3 heteroatoms. The van der Waals surface area contributed by atoms with Crippen molar-refractivity contribution in [2.75, 3.05) is 0 Å². The molecule has 0 fully saturated rings. The Hall–Kier alpha value is -2.52. The second-order valence-electron chi connectivity index (χ2n) is 5.63. The molecule has 0 N–H and O–H groups in total. The normalized spacial score (nSPS) is 12.2. The van der Waals surface area contributed by atoms with Gasteiger partial charge >= 0.3 is 0 Å². The van der Waals surface area contributed by atoms with Crippen LogP contribution in [0.1, 0.15) is 16.0 Å². The molecule has 4 aromatic rings. The highest BCUT2D eigenvalue weighted by Crippen LogP contribution is 2.37. The van der Waals surface area contributed by atoms with Crippen molar-refractivity contribution < 1.29 is 0 Å². The fourth-order valence-corrected chi connectivity index (χ4v) is 3.48. The highest BCUT2D eigenvalue weighted by atomic mass is 79.9. The van der Waals surface area contributed by atoms with Crippen molar-refractivity contribution in [2.45, 2.75) is 4.83 Å². The van der Waals surface area contributed by atoms with Gasteiger partial charge in [0, 0.05) is 23.3 Å². The Balaban J connectivity index is 1.95. The lowest BCUT2D eigenvalue weighted by Crippen LogP contribution is -1.99. The Morgan fingerprint density at radius 3 is 2.42 bits per heavy atom. The lowest BCUT2D eigenvalue weighted by Gasteiger charge is -2.16. The van der Waals surface area contributed by atoms with Gasteiger partial charge in [-0.15, -0.1) is 0 Å². The van der Waals surface area contributed by atoms with Crippen molar-refractivity contribution in [1.82, 2.24) is 9.97 Å². The zero-order chi connectivity index (χ0) is 16.4. The second-order valence-corrected chi connectivity index (χ2v) is 6.55. The van der Waals surface area contributed by atoms with Crippen LogP contribution in [0.5, 0.6) is 0 Å². The fourth-order valence-electron chi connectivity index (χ4n) is 2.86. The molecule has 0 bridgehead atoms. The van der Waals surface area contributed by atoms with Gasteiger partial charge in [0.25, 0.3) is 0 Å². The molecule has 1 unspecified atom stereocenters. The number of para-hydroxylation sites is 1. The van der Waals surface area contributed by atoms with E-state index in [1.165, 1.54) is 0 Å². The molecule has 0 aliphatic heterocycles. The van der Waals surface area contributed by atoms with Gasteiger partial charge < -0.3 is 0 Å². The van der Waals surface area contributed by atoms with E-state index in [-0.39, 0.29) is 4.83 Å². The van der Waals surface area contributed by atoms with Gasteiger partial charge in [0.05, 0.1) is 16.0 Å². The summed E-state index contributed by atoms with van der Waals surface area (Å²) in [4.78, 5) is 9.23. The first kappa shape index (κ1) is 15.0. The Morgan fingerprint density at radius 2 is 1.62 bits per heavy atom. The van der Waals surface area contributed by atoms with Crippen LogP contribution in [0.3, 0.4) is 0 Å². The summed E-state index contributed by atoms with van der Waals surface area (Å²) in [6.45, 7) is 0. The highest BCUT2D eigenvalue weighted by molar-refractivity contribution is 9.09. The van der Waals surface area contributed by atoms with Crippen molar-refractivity contribution in [1.29, 1.82) is 0 Å². The van der Waals surface area contributed by atoms with Crippen LogP contribution in [0.15, 0.2) is 85.2 Å². The summed E-state index contributed by atoms with van der Waals surface area (Å²) in [5, 5.41) is 1.14. The zero-order valence-corrected chi connectivity index (χ0v) is 14.5. The number of fused-ring (bicyclic) bond motifs is 1. The lowest BCUT2D eigenvalue weighted by atomic mass is 9.98. The number of halogens is 1. The summed E-state index contributed by atoms with van der Waals surface area (Å²) in [6.07, 6.45) is 3.68. The van der Waals surface area contributed by atoms with E-state index < -0.39 is 0 Å². The number of aromatic nitrogens is 2. The molecule has 0 amide bonds. The van der Waals surface area contributed by atoms with Gasteiger partial charge in [0.1, 0.15) is 0 Å². The Bertz CT molecular complexity index is 969. The van der Waals surface area contributed by atoms with Gasteiger partial charge in [-0.1, -0.05) is 70.5 Å². The molecule has 2 nitrogen and oxygen atoms in total. The summed E-state index contributed by atoms with van der Waals surface area (Å²) in [6, 6.07) is 24.8. The zero-order valence-electron chi connectivity index (χ0n) is 12.9. The monoisotopic (exact) mass is 374 g/mol. The van der Waals surface area contributed by atoms with Crippen molar-refractivity contribution in [3.05, 3.63) is 96.3 Å². The van der Waals surface area contributed by atoms with Crippen LogP contribution in [0.4, 0.5) is 0 Å². The average molecular weight is 375 g/mol. The Morgan fingerprint density at radius 1 is 0.833 bits per heavy atom. The number of alkyl halides is 1. The average Bonchev–Trinajstić information content (AvgIpc) is 2.68. The van der Waals surface area contributed by atoms with E-state index in [9.17, 15) is 0 Å². The Kier molecular flexibility index (Phi) is 4.09. The molecule has 4 rings (SSSR count). The number of rotatable bonds is 3. The molecule has 2 aromatic carbocycles. The van der Waals surface area contributed by atoms with Gasteiger partial charge in [0.15, 0.2) is 0 Å². The van der Waals surface area contributed by atoms with E-state index in [0.717, 1.165) is 33.3 Å². The van der Waals surface area contributed by atoms with Crippen molar-refractivity contribution >= 4 is 26.8 Å². The number of hydrogen-bond acceptors (Lipinski definition) is 2. The summed E-state index contributed by atoms with van der Waals surface area (Å²) in [7, 11) is 0. The minimum atomic E-state index is 0.0403. The molecule has 2 aromatic heterocycles. The van der Waals surface area contributed by atoms with Gasteiger partial charge in [-0.3, -0.25) is 4.98 Å². The molecule has 2 heterocycles. The molecule has 0 aliphatic carbocycles. The van der Waals surface area contributed by atoms with E-state index in [2.05, 4.69) is 57.3 Å². The highest BCUT2D eigenvalue weighted by Gasteiger charge is 2.18. The van der Waals surface area contributed by atoms with Crippen LogP contribution in [-0.4, -0.2) is 9.97 Å². The first-order chi connectivity index (χ1) is 11.8. The van der Waals surface area contributed by atoms with Crippen LogP contribution in [0.2, 0.25) is 0 Å². The largest absolute Gasteiger partial charge is 0.264 e. The molecule has 0 spiro atoms. The summed E-state index contributed by atoms with van der Waals surface area (Å²) in [5.74, 6) is 0. The topological polar surface area (TPSA) is 25.8 Å². The van der Waals surface area contributed by atoms with Crippen LogP contribution >= 0.6 is 15.9 Å². The standard InChI is InChI=1S/C21H15BrN2/c22-20(17-10-6-12-23-14-17)18-13-16-9-4-5-11-19(16)24-21(18)15-7-2-1-3-8-15/h1-14,20H. The smallest absolute Gasteiger partial charge is 0.0756 e. The van der Waals surface area contributed by atoms with Crippen molar-refractivity contribution in [3.8, 4) is 11.3 Å². The minimum absolute atomic E-state index is 0.0403. The number of hydrogen-bond donors (Lipinski definition) is 0. The molecule has 24 heavy (non-hydrogen) atoms. The molecule has 116 valence electrons. The van der Waals surface area contributed by atoms with E-state index in [0.29, 0.717) is 0 Å². The summed E-state index contributed by atoms with van der Waals surface area (Å²) in [5.41, 5.74) is 5.39. The summed E-state index contributed by atoms with van der Waals surface area (Å²) < 4.78 is 0. The van der Waals surface area contributed by atoms with Crippen LogP contribution in [0, 0.1) is 0 Å². The van der Waals surface area contributed by atoms with E-state index in [4.69, 9.17) is 4.98 Å². The van der Waals surface area contributed by atoms with Crippen LogP contribution in [0.25, 0.3) is 22.2 Å². The molecule has 0 saturated heterocycles. The molecule has 0 saturated carbocycles. The maximum absolute atomic E-state index is 4.94. The number of benzene rings is 2. The van der Waals surface area contributed by atoms with Crippen LogP contribution < -0.4 is 0 Å². The lowest BCUT2D eigenvalue weighted by molar-refractivity contribution is 1.12. The van der Waals surface area contributed by atoms with E-state index in [1.54, 1.807) is 6.20 Å². The predicted octanol–water partition coefficient (Wildman–Crippen LogP) is 5.78. The fraction of sp³-hybridized carbons (Fsp3) is 0.0476. The quantitative estimate of drug-likeness (QED) is 0.424. The van der Waals surface area contributed by atoms with Gasteiger partial charge in [-0.05, 0) is 29.3 Å². The number of nitrogens with zero attached hydrogens (tertiary/aromatic N) is 2. The van der Waals surface area contributed by atoms with Crippen molar-refractivity contribution in [2.24, 2.45) is 0 Å². The molecular formula is C21H15BrN2. The van der Waals surface area contributed by atoms with E-state index in [1.807, 2.05) is 42.6 Å². The van der Waals surface area contributed by atoms with E-state index >= 15 is 0 Å². The first-order valence-electron chi connectivity index (χ1n) is 7.82.